The molecule has 57 heavy (non-hydrogen) atoms. The van der Waals surface area contributed by atoms with E-state index < -0.39 is 23.8 Å². The van der Waals surface area contributed by atoms with E-state index >= 15 is 0 Å². The fourth-order valence-corrected chi connectivity index (χ4v) is 6.70. The predicted molar refractivity (Wildman–Crippen MR) is 218 cm³/mol. The molecule has 4 aromatic rings. The van der Waals surface area contributed by atoms with Gasteiger partial charge in [-0.15, -0.1) is 0 Å². The number of likely N-dealkylation sites (tertiary alicyclic amines) is 2. The van der Waals surface area contributed by atoms with Crippen LogP contribution in [0.15, 0.2) is 96.9 Å². The number of ether oxygens (including phenoxy) is 1. The maximum atomic E-state index is 14.1. The fourth-order valence-electron chi connectivity index (χ4n) is 6.70. The van der Waals surface area contributed by atoms with Crippen LogP contribution in [-0.2, 0) is 16.1 Å². The average molecular weight is 781 g/mol. The number of benzene rings is 2. The van der Waals surface area contributed by atoms with Crippen LogP contribution in [0.3, 0.4) is 0 Å². The van der Waals surface area contributed by atoms with Crippen LogP contribution in [0, 0.1) is 17.6 Å². The zero-order valence-corrected chi connectivity index (χ0v) is 31.5. The molecule has 0 saturated carbocycles. The number of aromatic nitrogens is 3. The minimum Gasteiger partial charge on any atom is -0.449 e. The van der Waals surface area contributed by atoms with Crippen molar-refractivity contribution in [1.29, 1.82) is 0 Å². The molecule has 0 spiro atoms. The van der Waals surface area contributed by atoms with Crippen LogP contribution in [0.25, 0.3) is 11.0 Å². The molecule has 2 saturated heterocycles. The van der Waals surface area contributed by atoms with Crippen molar-refractivity contribution in [2.75, 3.05) is 48.7 Å². The van der Waals surface area contributed by atoms with Gasteiger partial charge in [-0.25, -0.2) is 28.3 Å². The Kier molecular flexibility index (Phi) is 16.6. The lowest BCUT2D eigenvalue weighted by molar-refractivity contribution is -0.138. The van der Waals surface area contributed by atoms with Crippen LogP contribution >= 0.6 is 0 Å². The number of pyridine rings is 1. The lowest BCUT2D eigenvalue weighted by Crippen LogP contribution is -2.45. The number of hydrogen-bond donors (Lipinski definition) is 3. The third-order valence-corrected chi connectivity index (χ3v) is 9.49. The third kappa shape index (κ3) is 12.6. The molecule has 2 aliphatic rings. The lowest BCUT2D eigenvalue weighted by Gasteiger charge is -2.38. The van der Waals surface area contributed by atoms with Crippen molar-refractivity contribution in [2.45, 2.75) is 65.5 Å². The van der Waals surface area contributed by atoms with Crippen molar-refractivity contribution in [3.05, 3.63) is 114 Å². The number of carbonyl (C=O) groups is 3. The van der Waals surface area contributed by atoms with Crippen LogP contribution in [-0.4, -0.2) is 75.2 Å². The number of rotatable bonds is 10. The smallest absolute Gasteiger partial charge is 0.412 e. The Bertz CT molecular complexity index is 2110. The monoisotopic (exact) mass is 780 g/mol. The predicted octanol–water partition coefficient (Wildman–Crippen LogP) is 8.84. The van der Waals surface area contributed by atoms with Gasteiger partial charge in [0, 0.05) is 49.5 Å². The largest absolute Gasteiger partial charge is 0.449 e. The van der Waals surface area contributed by atoms with Crippen molar-refractivity contribution < 1.29 is 27.9 Å². The van der Waals surface area contributed by atoms with Crippen LogP contribution in [0.4, 0.5) is 35.8 Å². The summed E-state index contributed by atoms with van der Waals surface area (Å²) in [6.07, 6.45) is 5.72. The number of imidazole rings is 1. The summed E-state index contributed by atoms with van der Waals surface area (Å²) in [6.45, 7) is 12.2. The molecule has 0 bridgehead atoms. The fraction of sp³-hybridized carbons (Fsp3) is 0.372. The second-order valence-electron chi connectivity index (χ2n) is 13.4. The van der Waals surface area contributed by atoms with E-state index in [1.165, 1.54) is 36.4 Å². The van der Waals surface area contributed by atoms with Gasteiger partial charge in [-0.3, -0.25) is 20.3 Å². The second-order valence-corrected chi connectivity index (χ2v) is 13.4. The maximum Gasteiger partial charge on any atom is 0.412 e. The SMILES string of the molecule is C.C=C=C=C=C=C.CCCCOC(=O)Nc1cc(CN2CCC(C(=O)N3CCC(n4c(NC(=O)Nc5ccc(F)cc5)nc5cc(F)ccc54)CC3)CC2)ccn1. The van der Waals surface area contributed by atoms with Crippen molar-refractivity contribution in [1.82, 2.24) is 24.3 Å². The van der Waals surface area contributed by atoms with E-state index in [0.29, 0.717) is 61.6 Å². The Morgan fingerprint density at radius 1 is 0.877 bits per heavy atom. The molecule has 2 fully saturated rings. The number of fused-ring (bicyclic) bond motifs is 1. The topological polar surface area (TPSA) is 134 Å². The number of anilines is 3. The highest BCUT2D eigenvalue weighted by molar-refractivity contribution is 5.99. The third-order valence-electron chi connectivity index (χ3n) is 9.49. The molecule has 0 atom stereocenters. The van der Waals surface area contributed by atoms with E-state index in [2.05, 4.69) is 66.9 Å². The van der Waals surface area contributed by atoms with Crippen LogP contribution in [0.1, 0.15) is 64.5 Å². The highest BCUT2D eigenvalue weighted by Gasteiger charge is 2.32. The van der Waals surface area contributed by atoms with Gasteiger partial charge in [0.2, 0.25) is 11.9 Å². The molecule has 6 rings (SSSR count). The quantitative estimate of drug-likeness (QED) is 0.108. The summed E-state index contributed by atoms with van der Waals surface area (Å²) >= 11 is 0. The lowest BCUT2D eigenvalue weighted by atomic mass is 9.93. The number of nitrogens with one attached hydrogen (secondary N) is 3. The molecule has 0 unspecified atom stereocenters. The van der Waals surface area contributed by atoms with Gasteiger partial charge in [0.15, 0.2) is 0 Å². The van der Waals surface area contributed by atoms with Crippen LogP contribution in [0.2, 0.25) is 0 Å². The number of unbranched alkanes of at least 4 members (excludes halogenated alkanes) is 1. The van der Waals surface area contributed by atoms with E-state index in [1.807, 2.05) is 28.5 Å². The Hall–Kier alpha value is -6.25. The standard InChI is InChI=1S/C36H42F2N8O4.C6H4.CH4/c1-2-3-20-50-36(49)42-32-21-24(10-15-39-32)23-44-16-11-25(12-17-44)33(47)45-18-13-29(14-19-45)46-31-9-6-27(38)22-30(31)41-34(46)43-35(48)40-28-7-4-26(37)5-8-28;1-3-5-6-4-2;/h4-10,15,21-22,25,29H,2-3,11-14,16-20,23H2,1H3,(H,39,42,49)(H2,40,41,43,48);1-2H2;1H4. The first kappa shape index (κ1) is 43.5. The normalized spacial score (nSPS) is 14.3. The number of amides is 4. The van der Waals surface area contributed by atoms with Crippen LogP contribution in [0.5, 0.6) is 0 Å². The molecule has 2 aromatic carbocycles. The molecule has 0 radical (unpaired) electrons. The summed E-state index contributed by atoms with van der Waals surface area (Å²) in [5.41, 5.74) is 12.1. The molecule has 2 aliphatic heterocycles. The summed E-state index contributed by atoms with van der Waals surface area (Å²) in [4.78, 5) is 51.5. The molecule has 300 valence electrons. The molecular weight excluding hydrogens is 731 g/mol. The summed E-state index contributed by atoms with van der Waals surface area (Å²) < 4.78 is 34.5. The molecule has 0 aliphatic carbocycles. The molecule has 3 N–H and O–H groups in total. The van der Waals surface area contributed by atoms with E-state index in [-0.39, 0.29) is 31.2 Å². The minimum atomic E-state index is -0.559. The highest BCUT2D eigenvalue weighted by Crippen LogP contribution is 2.33. The number of carbonyl (C=O) groups excluding carboxylic acids is 3. The number of piperidine rings is 2. The van der Waals surface area contributed by atoms with Gasteiger partial charge in [-0.05, 0) is 124 Å². The molecule has 12 nitrogen and oxygen atoms in total. The first-order valence-electron chi connectivity index (χ1n) is 18.6. The van der Waals surface area contributed by atoms with Crippen molar-refractivity contribution in [2.24, 2.45) is 5.92 Å². The Balaban J connectivity index is 0.000000955. The number of hydrogen-bond acceptors (Lipinski definition) is 7. The minimum absolute atomic E-state index is 0. The molecule has 14 heteroatoms. The Morgan fingerprint density at radius 2 is 1.56 bits per heavy atom. The average Bonchev–Trinajstić information content (AvgIpc) is 3.55. The number of halogens is 2. The van der Waals surface area contributed by atoms with Gasteiger partial charge in [0.1, 0.15) is 17.5 Å². The van der Waals surface area contributed by atoms with Gasteiger partial charge in [-0.2, -0.15) is 0 Å². The van der Waals surface area contributed by atoms with Crippen LogP contribution < -0.4 is 16.0 Å². The molecule has 4 heterocycles. The maximum absolute atomic E-state index is 14.1. The zero-order chi connectivity index (χ0) is 39.9. The van der Waals surface area contributed by atoms with Gasteiger partial charge >= 0.3 is 12.1 Å². The van der Waals surface area contributed by atoms with Gasteiger partial charge < -0.3 is 19.5 Å². The Morgan fingerprint density at radius 3 is 2.23 bits per heavy atom. The van der Waals surface area contributed by atoms with Crippen molar-refractivity contribution >= 4 is 46.5 Å². The van der Waals surface area contributed by atoms with Gasteiger partial charge in [0.25, 0.3) is 0 Å². The first-order valence-corrected chi connectivity index (χ1v) is 18.6. The van der Waals surface area contributed by atoms with E-state index in [9.17, 15) is 23.2 Å². The molecular formula is C43H50F2N8O4. The van der Waals surface area contributed by atoms with Crippen molar-refractivity contribution in [3.63, 3.8) is 0 Å². The van der Waals surface area contributed by atoms with Gasteiger partial charge in [-0.1, -0.05) is 32.2 Å². The van der Waals surface area contributed by atoms with E-state index in [4.69, 9.17) is 4.74 Å². The zero-order valence-electron chi connectivity index (χ0n) is 31.5. The summed E-state index contributed by atoms with van der Waals surface area (Å²) in [5, 5.41) is 8.14. The van der Waals surface area contributed by atoms with E-state index in [1.54, 1.807) is 12.3 Å². The molecule has 2 aromatic heterocycles. The summed E-state index contributed by atoms with van der Waals surface area (Å²) in [7, 11) is 0. The Labute approximate surface area is 332 Å². The summed E-state index contributed by atoms with van der Waals surface area (Å²) in [5.74, 6) is -0.0217. The van der Waals surface area contributed by atoms with Crippen molar-refractivity contribution in [3.8, 4) is 0 Å². The highest BCUT2D eigenvalue weighted by atomic mass is 19.1. The second kappa shape index (κ2) is 21.7. The van der Waals surface area contributed by atoms with Gasteiger partial charge in [0.05, 0.1) is 17.6 Å². The number of nitrogens with zero attached hydrogens (tertiary/aromatic N) is 5. The molecule has 4 amide bonds. The van der Waals surface area contributed by atoms with E-state index in [0.717, 1.165) is 44.3 Å². The number of urea groups is 1. The first-order chi connectivity index (χ1) is 27.2. The summed E-state index contributed by atoms with van der Waals surface area (Å²) in [6, 6.07) is 12.9.